The number of thiocarbonyl (C=S) groups is 1. The minimum absolute atomic E-state index is 0.0522. The average Bonchev–Trinajstić information content (AvgIpc) is 3.01. The van der Waals surface area contributed by atoms with E-state index in [0.717, 1.165) is 32.2 Å². The standard InChI is InChI=1S/C25H23BrN4OS/c1-15-4-7-18(8-5-15)14-30-22-11-9-19(26)13-21(22)23(24(30)31)28-29-25(32)27-20-10-6-16(2)17(3)12-20/h4-13,31H,14H2,1-3H3,(H,27,32). The zero-order chi connectivity index (χ0) is 22.8. The first-order valence-electron chi connectivity index (χ1n) is 10.2. The lowest BCUT2D eigenvalue weighted by molar-refractivity contribution is 0.429. The first kappa shape index (κ1) is 22.2. The van der Waals surface area contributed by atoms with E-state index in [9.17, 15) is 5.11 Å². The molecule has 7 heteroatoms. The summed E-state index contributed by atoms with van der Waals surface area (Å²) < 4.78 is 2.73. The van der Waals surface area contributed by atoms with Crippen molar-refractivity contribution in [2.75, 3.05) is 5.32 Å². The Kier molecular flexibility index (Phi) is 6.39. The van der Waals surface area contributed by atoms with E-state index in [4.69, 9.17) is 12.2 Å². The topological polar surface area (TPSA) is 61.9 Å². The molecular formula is C25H23BrN4OS. The molecule has 0 saturated carbocycles. The fraction of sp³-hybridized carbons (Fsp3) is 0.160. The molecule has 1 aromatic heterocycles. The minimum Gasteiger partial charge on any atom is -0.493 e. The van der Waals surface area contributed by atoms with Crippen LogP contribution in [-0.4, -0.2) is 14.8 Å². The van der Waals surface area contributed by atoms with Crippen LogP contribution in [0, 0.1) is 20.8 Å². The number of benzene rings is 3. The zero-order valence-electron chi connectivity index (χ0n) is 18.1. The highest BCUT2D eigenvalue weighted by Gasteiger charge is 2.17. The van der Waals surface area contributed by atoms with Crippen molar-refractivity contribution >= 4 is 55.5 Å². The number of hydrogen-bond acceptors (Lipinski definition) is 3. The van der Waals surface area contributed by atoms with Crippen molar-refractivity contribution < 1.29 is 5.11 Å². The van der Waals surface area contributed by atoms with Gasteiger partial charge in [-0.15, -0.1) is 10.2 Å². The third kappa shape index (κ3) is 4.74. The van der Waals surface area contributed by atoms with Gasteiger partial charge in [-0.25, -0.2) is 0 Å². The summed E-state index contributed by atoms with van der Waals surface area (Å²) in [5.41, 5.74) is 6.76. The summed E-state index contributed by atoms with van der Waals surface area (Å²) in [6.07, 6.45) is 0. The van der Waals surface area contributed by atoms with Gasteiger partial charge in [-0.05, 0) is 80.0 Å². The Morgan fingerprint density at radius 3 is 2.47 bits per heavy atom. The van der Waals surface area contributed by atoms with Crippen LogP contribution in [0.4, 0.5) is 11.4 Å². The van der Waals surface area contributed by atoms with Gasteiger partial charge in [0.05, 0.1) is 12.1 Å². The maximum Gasteiger partial charge on any atom is 0.221 e. The number of nitrogens with one attached hydrogen (secondary N) is 1. The minimum atomic E-state index is 0.0522. The van der Waals surface area contributed by atoms with E-state index in [1.165, 1.54) is 11.1 Å². The van der Waals surface area contributed by atoms with Gasteiger partial charge >= 0.3 is 0 Å². The van der Waals surface area contributed by atoms with Crippen LogP contribution < -0.4 is 5.32 Å². The van der Waals surface area contributed by atoms with Crippen LogP contribution in [0.5, 0.6) is 5.88 Å². The molecule has 1 heterocycles. The monoisotopic (exact) mass is 506 g/mol. The molecule has 0 radical (unpaired) electrons. The Morgan fingerprint density at radius 2 is 1.75 bits per heavy atom. The van der Waals surface area contributed by atoms with Gasteiger partial charge in [-0.1, -0.05) is 51.8 Å². The molecule has 0 amide bonds. The highest BCUT2D eigenvalue weighted by atomic mass is 79.9. The summed E-state index contributed by atoms with van der Waals surface area (Å²) in [6.45, 7) is 6.68. The number of azo groups is 1. The third-order valence-electron chi connectivity index (χ3n) is 5.43. The second-order valence-corrected chi connectivity index (χ2v) is 9.14. The first-order chi connectivity index (χ1) is 15.3. The summed E-state index contributed by atoms with van der Waals surface area (Å²) in [5.74, 6) is 0.0522. The molecule has 32 heavy (non-hydrogen) atoms. The highest BCUT2D eigenvalue weighted by Crippen LogP contribution is 2.40. The molecule has 5 nitrogen and oxygen atoms in total. The van der Waals surface area contributed by atoms with E-state index >= 15 is 0 Å². The Hall–Kier alpha value is -3.03. The van der Waals surface area contributed by atoms with Crippen LogP contribution in [0.3, 0.4) is 0 Å². The number of aromatic nitrogens is 1. The fourth-order valence-corrected chi connectivity index (χ4v) is 4.01. The summed E-state index contributed by atoms with van der Waals surface area (Å²) in [7, 11) is 0. The summed E-state index contributed by atoms with van der Waals surface area (Å²) in [5, 5.41) is 23.6. The van der Waals surface area contributed by atoms with E-state index in [1.54, 1.807) is 0 Å². The van der Waals surface area contributed by atoms with Gasteiger partial charge in [-0.3, -0.25) is 0 Å². The van der Waals surface area contributed by atoms with Crippen molar-refractivity contribution in [3.05, 3.63) is 87.4 Å². The predicted octanol–water partition coefficient (Wildman–Crippen LogP) is 7.56. The number of rotatable bonds is 4. The van der Waals surface area contributed by atoms with Crippen LogP contribution in [0.2, 0.25) is 0 Å². The number of hydrogen-bond donors (Lipinski definition) is 2. The van der Waals surface area contributed by atoms with Gasteiger partial charge in [0.25, 0.3) is 0 Å². The molecule has 4 rings (SSSR count). The zero-order valence-corrected chi connectivity index (χ0v) is 20.5. The van der Waals surface area contributed by atoms with Crippen LogP contribution in [0.1, 0.15) is 22.3 Å². The van der Waals surface area contributed by atoms with Gasteiger partial charge in [0.15, 0.2) is 5.69 Å². The number of halogens is 1. The van der Waals surface area contributed by atoms with Gasteiger partial charge < -0.3 is 15.0 Å². The molecule has 0 fully saturated rings. The maximum absolute atomic E-state index is 11.0. The van der Waals surface area contributed by atoms with Crippen LogP contribution >= 0.6 is 28.1 Å². The lowest BCUT2D eigenvalue weighted by Gasteiger charge is -2.08. The fourth-order valence-electron chi connectivity index (χ4n) is 3.49. The first-order valence-corrected chi connectivity index (χ1v) is 11.4. The van der Waals surface area contributed by atoms with Crippen LogP contribution in [-0.2, 0) is 6.54 Å². The molecule has 0 aliphatic carbocycles. The third-order valence-corrected chi connectivity index (χ3v) is 6.11. The van der Waals surface area contributed by atoms with E-state index < -0.39 is 0 Å². The molecule has 0 bridgehead atoms. The van der Waals surface area contributed by atoms with Crippen LogP contribution in [0.15, 0.2) is 75.4 Å². The molecule has 0 aliphatic rings. The maximum atomic E-state index is 11.0. The van der Waals surface area contributed by atoms with Gasteiger partial charge in [0.1, 0.15) is 0 Å². The molecular weight excluding hydrogens is 484 g/mol. The van der Waals surface area contributed by atoms with Crippen molar-refractivity contribution in [2.24, 2.45) is 10.2 Å². The Balaban J connectivity index is 1.66. The molecule has 3 aromatic carbocycles. The van der Waals surface area contributed by atoms with E-state index in [0.29, 0.717) is 12.2 Å². The van der Waals surface area contributed by atoms with Crippen molar-refractivity contribution in [1.29, 1.82) is 0 Å². The van der Waals surface area contributed by atoms with Crippen LogP contribution in [0.25, 0.3) is 10.9 Å². The molecule has 162 valence electrons. The molecule has 0 atom stereocenters. The van der Waals surface area contributed by atoms with E-state index in [2.05, 4.69) is 69.6 Å². The van der Waals surface area contributed by atoms with E-state index in [1.807, 2.05) is 47.9 Å². The van der Waals surface area contributed by atoms with Gasteiger partial charge in [-0.2, -0.15) is 0 Å². The molecule has 0 spiro atoms. The second kappa shape index (κ2) is 9.22. The summed E-state index contributed by atoms with van der Waals surface area (Å²) in [6, 6.07) is 20.1. The number of aromatic hydroxyl groups is 1. The quantitative estimate of drug-likeness (QED) is 0.221. The molecule has 4 aromatic rings. The SMILES string of the molecule is Cc1ccc(Cn2c(O)c(N=NC(=S)Nc3ccc(C)c(C)c3)c3cc(Br)ccc32)cc1. The van der Waals surface area contributed by atoms with E-state index in [-0.39, 0.29) is 11.0 Å². The summed E-state index contributed by atoms with van der Waals surface area (Å²) in [4.78, 5) is 0. The van der Waals surface area contributed by atoms with Crippen molar-refractivity contribution in [1.82, 2.24) is 4.57 Å². The highest BCUT2D eigenvalue weighted by molar-refractivity contribution is 9.10. The Labute approximate surface area is 200 Å². The summed E-state index contributed by atoms with van der Waals surface area (Å²) >= 11 is 8.87. The second-order valence-electron chi connectivity index (χ2n) is 7.83. The largest absolute Gasteiger partial charge is 0.493 e. The average molecular weight is 507 g/mol. The molecule has 0 saturated heterocycles. The van der Waals surface area contributed by atoms with Crippen molar-refractivity contribution in [3.8, 4) is 5.88 Å². The lowest BCUT2D eigenvalue weighted by Crippen LogP contribution is -2.05. The smallest absolute Gasteiger partial charge is 0.221 e. The lowest BCUT2D eigenvalue weighted by atomic mass is 10.1. The molecule has 2 N–H and O–H groups in total. The van der Waals surface area contributed by atoms with Crippen molar-refractivity contribution in [3.63, 3.8) is 0 Å². The number of fused-ring (bicyclic) bond motifs is 1. The number of anilines is 1. The Bertz CT molecular complexity index is 1340. The normalized spacial score (nSPS) is 11.4. The van der Waals surface area contributed by atoms with Gasteiger partial charge in [0, 0.05) is 15.5 Å². The Morgan fingerprint density at radius 1 is 1.00 bits per heavy atom. The molecule has 0 aliphatic heterocycles. The molecule has 0 unspecified atom stereocenters. The number of aryl methyl sites for hydroxylation is 3. The van der Waals surface area contributed by atoms with Gasteiger partial charge in [0.2, 0.25) is 11.0 Å². The predicted molar refractivity (Wildman–Crippen MR) is 138 cm³/mol. The number of nitrogens with zero attached hydrogens (tertiary/aromatic N) is 3. The van der Waals surface area contributed by atoms with Crippen molar-refractivity contribution in [2.45, 2.75) is 27.3 Å².